The Kier molecular flexibility index (Phi) is 10.9. The minimum Gasteiger partial charge on any atom is -0.321 e. The van der Waals surface area contributed by atoms with Crippen LogP contribution in [-0.2, 0) is 9.59 Å². The Balaban J connectivity index is 1.42. The lowest BCUT2D eigenvalue weighted by molar-refractivity contribution is -0.114. The Hall–Kier alpha value is -3.45. The summed E-state index contributed by atoms with van der Waals surface area (Å²) in [5.74, 6) is -0.0713. The third-order valence-corrected chi connectivity index (χ3v) is 8.04. The van der Waals surface area contributed by atoms with E-state index < -0.39 is 11.8 Å². The lowest BCUT2D eigenvalue weighted by Crippen LogP contribution is -2.30. The van der Waals surface area contributed by atoms with E-state index in [-0.39, 0.29) is 17.4 Å². The van der Waals surface area contributed by atoms with Crippen molar-refractivity contribution in [2.45, 2.75) is 17.0 Å². The third-order valence-electron chi connectivity index (χ3n) is 5.08. The molecule has 0 spiro atoms. The van der Waals surface area contributed by atoms with Crippen molar-refractivity contribution in [3.63, 3.8) is 0 Å². The van der Waals surface area contributed by atoms with Gasteiger partial charge >= 0.3 is 0 Å². The molecule has 0 aliphatic heterocycles. The quantitative estimate of drug-likeness (QED) is 0.124. The molecule has 12 heteroatoms. The topological polar surface area (TPSA) is 113 Å². The van der Waals surface area contributed by atoms with Gasteiger partial charge < -0.3 is 10.6 Å². The first-order valence-electron chi connectivity index (χ1n) is 12.0. The van der Waals surface area contributed by atoms with Crippen LogP contribution in [-0.4, -0.2) is 38.6 Å². The molecule has 8 nitrogen and oxygen atoms in total. The molecule has 0 fully saturated rings. The second-order valence-electron chi connectivity index (χ2n) is 8.07. The highest BCUT2D eigenvalue weighted by Gasteiger charge is 2.16. The molecular weight excluding hydrogens is 630 g/mol. The number of hydrogen-bond acceptors (Lipinski definition) is 8. The van der Waals surface area contributed by atoms with Crippen LogP contribution in [0, 0.1) is 0 Å². The summed E-state index contributed by atoms with van der Waals surface area (Å²) in [6.07, 6.45) is 1.61. The molecule has 40 heavy (non-hydrogen) atoms. The van der Waals surface area contributed by atoms with E-state index in [0.29, 0.717) is 21.5 Å². The van der Waals surface area contributed by atoms with Gasteiger partial charge in [0.1, 0.15) is 5.70 Å². The van der Waals surface area contributed by atoms with Crippen molar-refractivity contribution in [3.05, 3.63) is 100 Å². The van der Waals surface area contributed by atoms with E-state index >= 15 is 0 Å². The minimum atomic E-state index is -0.485. The van der Waals surface area contributed by atoms with Gasteiger partial charge in [0.2, 0.25) is 16.2 Å². The molecule has 0 saturated carbocycles. The first-order chi connectivity index (χ1) is 19.4. The van der Waals surface area contributed by atoms with Crippen molar-refractivity contribution in [2.24, 2.45) is 0 Å². The van der Waals surface area contributed by atoms with Crippen molar-refractivity contribution in [1.82, 2.24) is 14.7 Å². The molecule has 1 aromatic heterocycles. The van der Waals surface area contributed by atoms with Gasteiger partial charge in [-0.1, -0.05) is 71.0 Å². The monoisotopic (exact) mass is 653 g/mol. The molecule has 3 aromatic carbocycles. The summed E-state index contributed by atoms with van der Waals surface area (Å²) < 4.78 is 5.04. The van der Waals surface area contributed by atoms with Crippen molar-refractivity contribution in [1.29, 1.82) is 0 Å². The highest BCUT2D eigenvalue weighted by atomic mass is 79.9. The zero-order valence-electron chi connectivity index (χ0n) is 21.2. The molecule has 0 radical (unpaired) electrons. The largest absolute Gasteiger partial charge is 0.321 e. The van der Waals surface area contributed by atoms with Gasteiger partial charge in [-0.3, -0.25) is 19.7 Å². The van der Waals surface area contributed by atoms with Crippen LogP contribution in [0.25, 0.3) is 6.08 Å². The summed E-state index contributed by atoms with van der Waals surface area (Å²) in [6, 6.07) is 23.2. The van der Waals surface area contributed by atoms with Crippen molar-refractivity contribution in [3.8, 4) is 0 Å². The maximum absolute atomic E-state index is 13.3. The third kappa shape index (κ3) is 9.05. The van der Waals surface area contributed by atoms with Gasteiger partial charge in [0.05, 0.1) is 5.75 Å². The number of rotatable bonds is 11. The Morgan fingerprint density at radius 2 is 1.75 bits per heavy atom. The zero-order chi connectivity index (χ0) is 28.3. The van der Waals surface area contributed by atoms with Crippen LogP contribution in [0.4, 0.5) is 10.8 Å². The summed E-state index contributed by atoms with van der Waals surface area (Å²) in [5.41, 5.74) is 1.77. The van der Waals surface area contributed by atoms with Crippen LogP contribution >= 0.6 is 51.0 Å². The molecule has 0 atom stereocenters. The zero-order valence-corrected chi connectivity index (χ0v) is 25.3. The lowest BCUT2D eigenvalue weighted by atomic mass is 10.1. The van der Waals surface area contributed by atoms with E-state index in [9.17, 15) is 14.4 Å². The summed E-state index contributed by atoms with van der Waals surface area (Å²) in [4.78, 5) is 43.6. The van der Waals surface area contributed by atoms with Crippen molar-refractivity contribution >= 4 is 85.6 Å². The van der Waals surface area contributed by atoms with Crippen LogP contribution < -0.4 is 16.0 Å². The van der Waals surface area contributed by atoms with Gasteiger partial charge in [-0.2, -0.15) is 9.36 Å². The molecule has 4 rings (SSSR count). The Morgan fingerprint density at radius 3 is 2.52 bits per heavy atom. The highest BCUT2D eigenvalue weighted by molar-refractivity contribution is 9.10. The Bertz CT molecular complexity index is 1530. The number of nitrogens with zero attached hydrogens (tertiary/aromatic N) is 2. The van der Waals surface area contributed by atoms with Gasteiger partial charge in [-0.05, 0) is 59.9 Å². The second kappa shape index (κ2) is 14.8. The van der Waals surface area contributed by atoms with Gasteiger partial charge in [0.15, 0.2) is 0 Å². The number of nitrogens with one attached hydrogen (secondary N) is 3. The summed E-state index contributed by atoms with van der Waals surface area (Å²) in [5, 5.41) is 9.45. The fraction of sp³-hybridized carbons (Fsp3) is 0.107. The van der Waals surface area contributed by atoms with Gasteiger partial charge in [-0.25, -0.2) is 0 Å². The van der Waals surface area contributed by atoms with Crippen LogP contribution in [0.1, 0.15) is 22.8 Å². The molecule has 1 heterocycles. The molecule has 4 aromatic rings. The van der Waals surface area contributed by atoms with Gasteiger partial charge in [0.25, 0.3) is 11.8 Å². The molecular formula is C28H24BrN5O3S3. The maximum Gasteiger partial charge on any atom is 0.272 e. The number of thioether (sulfide) groups is 2. The fourth-order valence-electron chi connectivity index (χ4n) is 3.32. The number of anilines is 2. The highest BCUT2D eigenvalue weighted by Crippen LogP contribution is 2.24. The van der Waals surface area contributed by atoms with E-state index in [4.69, 9.17) is 0 Å². The first-order valence-corrected chi connectivity index (χ1v) is 15.6. The number of aromatic nitrogens is 2. The predicted octanol–water partition coefficient (Wildman–Crippen LogP) is 6.55. The van der Waals surface area contributed by atoms with E-state index in [1.807, 2.05) is 43.3 Å². The van der Waals surface area contributed by atoms with Crippen LogP contribution in [0.5, 0.6) is 0 Å². The smallest absolute Gasteiger partial charge is 0.272 e. The average Bonchev–Trinajstić information content (AvgIpc) is 3.39. The van der Waals surface area contributed by atoms with E-state index in [0.717, 1.165) is 32.2 Å². The van der Waals surface area contributed by atoms with E-state index in [1.165, 1.54) is 23.5 Å². The molecule has 3 amide bonds. The number of hydrogen-bond donors (Lipinski definition) is 3. The van der Waals surface area contributed by atoms with Crippen molar-refractivity contribution < 1.29 is 14.4 Å². The van der Waals surface area contributed by atoms with Crippen LogP contribution in [0.2, 0.25) is 0 Å². The average molecular weight is 655 g/mol. The number of carbonyl (C=O) groups excluding carboxylic acids is 3. The summed E-state index contributed by atoms with van der Waals surface area (Å²) in [6.45, 7) is 2.01. The van der Waals surface area contributed by atoms with Crippen LogP contribution in [0.15, 0.2) is 99.1 Å². The second-order valence-corrected chi connectivity index (χ2v) is 12.0. The first kappa shape index (κ1) is 29.5. The van der Waals surface area contributed by atoms with Crippen LogP contribution in [0.3, 0.4) is 0 Å². The number of amides is 3. The number of halogens is 1. The maximum atomic E-state index is 13.3. The fourth-order valence-corrected chi connectivity index (χ4v) is 5.78. The normalized spacial score (nSPS) is 11.1. The molecule has 0 saturated heterocycles. The Labute approximate surface area is 252 Å². The SMILES string of the molecule is CCSc1nsc(NC(=O)CSc2cccc(NC(=O)/C(=C\c3cccc(Br)c3)NC(=O)c3ccccc3)c2)n1. The number of carbonyl (C=O) groups is 3. The van der Waals surface area contributed by atoms with E-state index in [1.54, 1.807) is 48.5 Å². The van der Waals surface area contributed by atoms with Gasteiger partial charge in [0, 0.05) is 32.2 Å². The summed E-state index contributed by atoms with van der Waals surface area (Å²) >= 11 is 7.42. The number of benzene rings is 3. The summed E-state index contributed by atoms with van der Waals surface area (Å²) in [7, 11) is 0. The van der Waals surface area contributed by atoms with E-state index in [2.05, 4.69) is 41.2 Å². The molecule has 0 aliphatic rings. The molecule has 0 bridgehead atoms. The van der Waals surface area contributed by atoms with Gasteiger partial charge in [-0.15, -0.1) is 11.8 Å². The molecule has 0 unspecified atom stereocenters. The molecule has 3 N–H and O–H groups in total. The lowest BCUT2D eigenvalue weighted by Gasteiger charge is -2.12. The Morgan fingerprint density at radius 1 is 0.950 bits per heavy atom. The standard InChI is InChI=1S/C28H24BrN5O3S3/c1-2-38-28-33-27(40-34-28)32-24(35)17-39-22-13-7-12-21(16-22)30-26(37)23(15-18-8-6-11-20(29)14-18)31-25(36)19-9-4-3-5-10-19/h3-16H,2,17H2,1H3,(H,30,37)(H,31,36)(H,32,33,34,35)/b23-15+. The molecule has 0 aliphatic carbocycles. The van der Waals surface area contributed by atoms with Crippen molar-refractivity contribution in [2.75, 3.05) is 22.1 Å². The predicted molar refractivity (Wildman–Crippen MR) is 167 cm³/mol. The molecule has 204 valence electrons. The minimum absolute atomic E-state index is 0.0852.